The molecular weight excluding hydrogens is 288 g/mol. The van der Waals surface area contributed by atoms with Crippen molar-refractivity contribution in [2.24, 2.45) is 5.92 Å². The molecule has 0 aliphatic rings. The monoisotopic (exact) mass is 314 g/mol. The van der Waals surface area contributed by atoms with E-state index in [1.54, 1.807) is 12.1 Å². The van der Waals surface area contributed by atoms with Crippen molar-refractivity contribution in [3.8, 4) is 17.0 Å². The molecule has 3 N–H and O–H groups in total. The molecule has 5 heteroatoms. The maximum Gasteiger partial charge on any atom is 0.169 e. The Morgan fingerprint density at radius 2 is 1.96 bits per heavy atom. The lowest BCUT2D eigenvalue weighted by atomic mass is 10.0. The van der Waals surface area contributed by atoms with Crippen molar-refractivity contribution < 1.29 is 5.11 Å². The van der Waals surface area contributed by atoms with E-state index in [1.807, 2.05) is 18.2 Å². The summed E-state index contributed by atoms with van der Waals surface area (Å²) in [6.07, 6.45) is 2.35. The molecule has 0 spiro atoms. The highest BCUT2D eigenvalue weighted by molar-refractivity contribution is 5.73. The molecule has 0 aliphatic carbocycles. The Morgan fingerprint density at radius 1 is 1.22 bits per heavy atom. The summed E-state index contributed by atoms with van der Waals surface area (Å²) in [4.78, 5) is 2.23. The van der Waals surface area contributed by atoms with Crippen molar-refractivity contribution in [2.75, 3.05) is 23.7 Å². The fourth-order valence-corrected chi connectivity index (χ4v) is 2.82. The van der Waals surface area contributed by atoms with Gasteiger partial charge in [-0.15, -0.1) is 10.2 Å². The second kappa shape index (κ2) is 7.81. The van der Waals surface area contributed by atoms with Crippen LogP contribution >= 0.6 is 0 Å². The fraction of sp³-hybridized carbons (Fsp3) is 0.444. The van der Waals surface area contributed by atoms with E-state index in [2.05, 4.69) is 35.9 Å². The molecule has 1 aromatic carbocycles. The second-order valence-electron chi connectivity index (χ2n) is 5.95. The molecule has 1 heterocycles. The summed E-state index contributed by atoms with van der Waals surface area (Å²) >= 11 is 0. The summed E-state index contributed by atoms with van der Waals surface area (Å²) in [5.74, 6) is 1.20. The van der Waals surface area contributed by atoms with Gasteiger partial charge in [0, 0.05) is 18.7 Å². The molecule has 2 rings (SSSR count). The van der Waals surface area contributed by atoms with E-state index in [1.165, 1.54) is 12.8 Å². The molecule has 0 amide bonds. The largest absolute Gasteiger partial charge is 0.507 e. The van der Waals surface area contributed by atoms with Crippen LogP contribution < -0.4 is 10.6 Å². The molecule has 1 aromatic heterocycles. The molecule has 0 unspecified atom stereocenters. The Labute approximate surface area is 138 Å². The zero-order valence-corrected chi connectivity index (χ0v) is 14.2. The summed E-state index contributed by atoms with van der Waals surface area (Å²) < 4.78 is 0. The van der Waals surface area contributed by atoms with Gasteiger partial charge in [0.15, 0.2) is 5.82 Å². The van der Waals surface area contributed by atoms with Crippen LogP contribution in [0.15, 0.2) is 30.3 Å². The van der Waals surface area contributed by atoms with Crippen LogP contribution in [0.25, 0.3) is 11.3 Å². The zero-order valence-electron chi connectivity index (χ0n) is 14.2. The summed E-state index contributed by atoms with van der Waals surface area (Å²) in [6, 6.07) is 9.05. The number of hydrogen-bond donors (Lipinski definition) is 2. The third-order valence-electron chi connectivity index (χ3n) is 4.02. The van der Waals surface area contributed by atoms with Crippen LogP contribution in [0.3, 0.4) is 0 Å². The van der Waals surface area contributed by atoms with Crippen molar-refractivity contribution in [2.45, 2.75) is 33.6 Å². The standard InChI is InChI=1S/C18H26N4O/c1-4-8-13(3)12-22(5-2)16-11-15(20-21-18(16)19)14-9-6-7-10-17(14)23/h6-7,9-11,13,23H,4-5,8,12H2,1-3H3,(H2,19,21)/t13-/m1/s1. The third kappa shape index (κ3) is 4.12. The Bertz CT molecular complexity index is 645. The number of nitrogen functional groups attached to an aromatic ring is 1. The number of nitrogens with zero attached hydrogens (tertiary/aromatic N) is 3. The first kappa shape index (κ1) is 17.1. The van der Waals surface area contributed by atoms with E-state index in [4.69, 9.17) is 5.73 Å². The zero-order chi connectivity index (χ0) is 16.8. The molecule has 0 radical (unpaired) electrons. The molecule has 23 heavy (non-hydrogen) atoms. The molecule has 2 aromatic rings. The second-order valence-corrected chi connectivity index (χ2v) is 5.95. The van der Waals surface area contributed by atoms with Crippen molar-refractivity contribution in [1.82, 2.24) is 10.2 Å². The number of phenolic OH excluding ortho intramolecular Hbond substituents is 1. The minimum Gasteiger partial charge on any atom is -0.507 e. The first-order chi connectivity index (χ1) is 11.1. The number of benzene rings is 1. The third-order valence-corrected chi connectivity index (χ3v) is 4.02. The quantitative estimate of drug-likeness (QED) is 0.815. The van der Waals surface area contributed by atoms with E-state index in [0.717, 1.165) is 18.8 Å². The van der Waals surface area contributed by atoms with Gasteiger partial charge in [0.05, 0.1) is 11.4 Å². The number of phenols is 1. The van der Waals surface area contributed by atoms with E-state index in [-0.39, 0.29) is 5.75 Å². The van der Waals surface area contributed by atoms with Gasteiger partial charge in [-0.1, -0.05) is 32.4 Å². The number of rotatable bonds is 7. The first-order valence-corrected chi connectivity index (χ1v) is 8.23. The minimum absolute atomic E-state index is 0.194. The van der Waals surface area contributed by atoms with Gasteiger partial charge >= 0.3 is 0 Å². The van der Waals surface area contributed by atoms with Gasteiger partial charge in [-0.3, -0.25) is 0 Å². The van der Waals surface area contributed by atoms with Crippen LogP contribution in [0.1, 0.15) is 33.6 Å². The molecule has 0 saturated carbocycles. The fourth-order valence-electron chi connectivity index (χ4n) is 2.82. The first-order valence-electron chi connectivity index (χ1n) is 8.23. The van der Waals surface area contributed by atoms with Gasteiger partial charge in [-0.2, -0.15) is 0 Å². The Balaban J connectivity index is 2.34. The lowest BCUT2D eigenvalue weighted by Gasteiger charge is -2.27. The number of hydrogen-bond acceptors (Lipinski definition) is 5. The predicted octanol–water partition coefficient (Wildman–Crippen LogP) is 3.69. The van der Waals surface area contributed by atoms with Crippen LogP contribution in [0.2, 0.25) is 0 Å². The number of para-hydroxylation sites is 1. The van der Waals surface area contributed by atoms with E-state index >= 15 is 0 Å². The maximum absolute atomic E-state index is 10.0. The minimum atomic E-state index is 0.194. The van der Waals surface area contributed by atoms with Crippen LogP contribution in [0.4, 0.5) is 11.5 Å². The van der Waals surface area contributed by atoms with E-state index < -0.39 is 0 Å². The van der Waals surface area contributed by atoms with Crippen LogP contribution in [-0.4, -0.2) is 28.4 Å². The van der Waals surface area contributed by atoms with Crippen molar-refractivity contribution in [3.05, 3.63) is 30.3 Å². The number of nitrogens with two attached hydrogens (primary N) is 1. The summed E-state index contributed by atoms with van der Waals surface area (Å²) in [5.41, 5.74) is 8.23. The van der Waals surface area contributed by atoms with Gasteiger partial charge in [-0.25, -0.2) is 0 Å². The van der Waals surface area contributed by atoms with Gasteiger partial charge < -0.3 is 15.7 Å². The van der Waals surface area contributed by atoms with Gasteiger partial charge in [0.1, 0.15) is 5.75 Å². The lowest BCUT2D eigenvalue weighted by Crippen LogP contribution is -2.29. The molecular formula is C18H26N4O. The topological polar surface area (TPSA) is 75.3 Å². The summed E-state index contributed by atoms with van der Waals surface area (Å²) in [7, 11) is 0. The number of aromatic nitrogens is 2. The Morgan fingerprint density at radius 3 is 2.61 bits per heavy atom. The Kier molecular flexibility index (Phi) is 5.79. The van der Waals surface area contributed by atoms with Crippen LogP contribution in [0, 0.1) is 5.92 Å². The highest BCUT2D eigenvalue weighted by atomic mass is 16.3. The van der Waals surface area contributed by atoms with Crippen LogP contribution in [0.5, 0.6) is 5.75 Å². The predicted molar refractivity (Wildman–Crippen MR) is 95.5 cm³/mol. The normalized spacial score (nSPS) is 12.1. The van der Waals surface area contributed by atoms with Gasteiger partial charge in [0.25, 0.3) is 0 Å². The molecule has 5 nitrogen and oxygen atoms in total. The molecule has 0 aliphatic heterocycles. The molecule has 0 bridgehead atoms. The van der Waals surface area contributed by atoms with Crippen molar-refractivity contribution in [1.29, 1.82) is 0 Å². The SMILES string of the molecule is CCC[C@@H](C)CN(CC)c1cc(-c2ccccc2O)nnc1N. The van der Waals surface area contributed by atoms with Crippen molar-refractivity contribution >= 4 is 11.5 Å². The molecule has 0 saturated heterocycles. The smallest absolute Gasteiger partial charge is 0.169 e. The van der Waals surface area contributed by atoms with Crippen molar-refractivity contribution in [3.63, 3.8) is 0 Å². The van der Waals surface area contributed by atoms with Crippen LogP contribution in [-0.2, 0) is 0 Å². The number of aromatic hydroxyl groups is 1. The highest BCUT2D eigenvalue weighted by Gasteiger charge is 2.16. The summed E-state index contributed by atoms with van der Waals surface area (Å²) in [5, 5.41) is 18.3. The maximum atomic E-state index is 10.0. The van der Waals surface area contributed by atoms with Gasteiger partial charge in [-0.05, 0) is 37.5 Å². The highest BCUT2D eigenvalue weighted by Crippen LogP contribution is 2.31. The number of anilines is 2. The average molecular weight is 314 g/mol. The summed E-state index contributed by atoms with van der Waals surface area (Å²) in [6.45, 7) is 8.34. The lowest BCUT2D eigenvalue weighted by molar-refractivity contribution is 0.477. The molecule has 0 fully saturated rings. The van der Waals surface area contributed by atoms with Gasteiger partial charge in [0.2, 0.25) is 0 Å². The average Bonchev–Trinajstić information content (AvgIpc) is 2.54. The Hall–Kier alpha value is -2.30. The molecule has 1 atom stereocenters. The van der Waals surface area contributed by atoms with E-state index in [0.29, 0.717) is 23.0 Å². The molecule has 124 valence electrons. The van der Waals surface area contributed by atoms with E-state index in [9.17, 15) is 5.11 Å².